The topological polar surface area (TPSA) is 21.3 Å². The minimum absolute atomic E-state index is 0.640. The Hall–Kier alpha value is -1.02. The first-order valence-electron chi connectivity index (χ1n) is 8.02. The predicted octanol–water partition coefficient (Wildman–Crippen LogP) is 4.36. The zero-order chi connectivity index (χ0) is 14.5. The molecular weight excluding hydrogens is 246 g/mol. The van der Waals surface area contributed by atoms with E-state index in [1.54, 1.807) is 7.11 Å². The summed E-state index contributed by atoms with van der Waals surface area (Å²) in [5.41, 5.74) is 1.43. The second kappa shape index (κ2) is 7.12. The molecule has 2 atom stereocenters. The van der Waals surface area contributed by atoms with E-state index in [1.165, 1.54) is 31.2 Å². The van der Waals surface area contributed by atoms with Gasteiger partial charge in [-0.15, -0.1) is 0 Å². The standard InChI is InChI=1S/C18H29NO/c1-5-13(2)9-14(3)19-17-10-16(11-17)15-7-6-8-18(12-15)20-4/h6-8,12-14,16-17,19H,5,9-11H2,1-4H3. The lowest BCUT2D eigenvalue weighted by molar-refractivity contribution is 0.254. The highest BCUT2D eigenvalue weighted by Crippen LogP contribution is 2.38. The van der Waals surface area contributed by atoms with Crippen LogP contribution in [-0.2, 0) is 0 Å². The molecule has 2 heteroatoms. The summed E-state index contributed by atoms with van der Waals surface area (Å²) in [5, 5.41) is 3.78. The van der Waals surface area contributed by atoms with Crippen LogP contribution in [0.25, 0.3) is 0 Å². The van der Waals surface area contributed by atoms with Crippen molar-refractivity contribution in [2.24, 2.45) is 5.92 Å². The third kappa shape index (κ3) is 3.99. The van der Waals surface area contributed by atoms with Crippen LogP contribution in [0.3, 0.4) is 0 Å². The van der Waals surface area contributed by atoms with Crippen LogP contribution in [-0.4, -0.2) is 19.2 Å². The number of methoxy groups -OCH3 is 1. The Bertz CT molecular complexity index is 412. The van der Waals surface area contributed by atoms with Gasteiger partial charge >= 0.3 is 0 Å². The monoisotopic (exact) mass is 275 g/mol. The second-order valence-electron chi connectivity index (χ2n) is 6.46. The highest BCUT2D eigenvalue weighted by atomic mass is 16.5. The Balaban J connectivity index is 1.76. The summed E-state index contributed by atoms with van der Waals surface area (Å²) in [5.74, 6) is 2.51. The minimum atomic E-state index is 0.640. The van der Waals surface area contributed by atoms with Gasteiger partial charge in [-0.2, -0.15) is 0 Å². The van der Waals surface area contributed by atoms with Crippen LogP contribution in [0.1, 0.15) is 57.9 Å². The van der Waals surface area contributed by atoms with Crippen LogP contribution >= 0.6 is 0 Å². The van der Waals surface area contributed by atoms with Crippen LogP contribution < -0.4 is 10.1 Å². The van der Waals surface area contributed by atoms with Crippen molar-refractivity contribution in [3.63, 3.8) is 0 Å². The summed E-state index contributed by atoms with van der Waals surface area (Å²) in [6.45, 7) is 6.95. The number of nitrogens with one attached hydrogen (secondary N) is 1. The van der Waals surface area contributed by atoms with Gasteiger partial charge in [0.15, 0.2) is 0 Å². The Kier molecular flexibility index (Phi) is 5.47. The molecule has 0 amide bonds. The van der Waals surface area contributed by atoms with E-state index >= 15 is 0 Å². The van der Waals surface area contributed by atoms with E-state index in [2.05, 4.69) is 44.3 Å². The molecule has 1 N–H and O–H groups in total. The van der Waals surface area contributed by atoms with Gasteiger partial charge in [0.2, 0.25) is 0 Å². The largest absolute Gasteiger partial charge is 0.497 e. The third-order valence-electron chi connectivity index (χ3n) is 4.68. The fourth-order valence-electron chi connectivity index (χ4n) is 3.16. The first kappa shape index (κ1) is 15.4. The zero-order valence-electron chi connectivity index (χ0n) is 13.4. The first-order valence-corrected chi connectivity index (χ1v) is 8.02. The molecule has 0 aromatic heterocycles. The van der Waals surface area contributed by atoms with Crippen molar-refractivity contribution in [2.75, 3.05) is 7.11 Å². The molecule has 112 valence electrons. The van der Waals surface area contributed by atoms with E-state index in [9.17, 15) is 0 Å². The number of benzene rings is 1. The summed E-state index contributed by atoms with van der Waals surface area (Å²) in [4.78, 5) is 0. The summed E-state index contributed by atoms with van der Waals surface area (Å²) >= 11 is 0. The predicted molar refractivity (Wildman–Crippen MR) is 85.4 cm³/mol. The Morgan fingerprint density at radius 1 is 1.30 bits per heavy atom. The van der Waals surface area contributed by atoms with Gasteiger partial charge in [-0.05, 0) is 55.7 Å². The summed E-state index contributed by atoms with van der Waals surface area (Å²) < 4.78 is 5.31. The smallest absolute Gasteiger partial charge is 0.119 e. The maximum atomic E-state index is 5.31. The molecule has 1 fully saturated rings. The third-order valence-corrected chi connectivity index (χ3v) is 4.68. The molecular formula is C18H29NO. The number of rotatable bonds is 7. The van der Waals surface area contributed by atoms with Gasteiger partial charge in [0.25, 0.3) is 0 Å². The lowest BCUT2D eigenvalue weighted by Crippen LogP contribution is -2.44. The van der Waals surface area contributed by atoms with E-state index < -0.39 is 0 Å². The van der Waals surface area contributed by atoms with Gasteiger partial charge in [-0.25, -0.2) is 0 Å². The zero-order valence-corrected chi connectivity index (χ0v) is 13.4. The average molecular weight is 275 g/mol. The quantitative estimate of drug-likeness (QED) is 0.798. The maximum Gasteiger partial charge on any atom is 0.119 e. The van der Waals surface area contributed by atoms with Crippen molar-refractivity contribution in [3.8, 4) is 5.75 Å². The van der Waals surface area contributed by atoms with Gasteiger partial charge < -0.3 is 10.1 Å². The first-order chi connectivity index (χ1) is 9.62. The Morgan fingerprint density at radius 2 is 2.05 bits per heavy atom. The highest BCUT2D eigenvalue weighted by molar-refractivity contribution is 5.32. The fraction of sp³-hybridized carbons (Fsp3) is 0.667. The second-order valence-corrected chi connectivity index (χ2v) is 6.46. The summed E-state index contributed by atoms with van der Waals surface area (Å²) in [6, 6.07) is 9.87. The molecule has 0 saturated heterocycles. The molecule has 2 nitrogen and oxygen atoms in total. The van der Waals surface area contributed by atoms with E-state index in [1.807, 2.05) is 6.07 Å². The molecule has 1 aromatic carbocycles. The molecule has 0 spiro atoms. The Labute approximate surface area is 123 Å². The van der Waals surface area contributed by atoms with E-state index in [-0.39, 0.29) is 0 Å². The van der Waals surface area contributed by atoms with Crippen LogP contribution in [0, 0.1) is 5.92 Å². The van der Waals surface area contributed by atoms with Gasteiger partial charge in [-0.1, -0.05) is 32.4 Å². The van der Waals surface area contributed by atoms with Gasteiger partial charge in [0.05, 0.1) is 7.11 Å². The molecule has 2 unspecified atom stereocenters. The maximum absolute atomic E-state index is 5.31. The number of hydrogen-bond donors (Lipinski definition) is 1. The SMILES string of the molecule is CCC(C)CC(C)NC1CC(c2cccc(OC)c2)C1. The van der Waals surface area contributed by atoms with Crippen LogP contribution in [0.2, 0.25) is 0 Å². The van der Waals surface area contributed by atoms with Crippen molar-refractivity contribution in [1.82, 2.24) is 5.32 Å². The van der Waals surface area contributed by atoms with Crippen molar-refractivity contribution < 1.29 is 4.74 Å². The normalized spacial score (nSPS) is 24.8. The van der Waals surface area contributed by atoms with Crippen molar-refractivity contribution in [2.45, 2.75) is 64.5 Å². The molecule has 1 aromatic rings. The molecule has 2 rings (SSSR count). The fourth-order valence-corrected chi connectivity index (χ4v) is 3.16. The van der Waals surface area contributed by atoms with Gasteiger partial charge in [0.1, 0.15) is 5.75 Å². The van der Waals surface area contributed by atoms with Crippen LogP contribution in [0.4, 0.5) is 0 Å². The number of ether oxygens (including phenoxy) is 1. The Morgan fingerprint density at radius 3 is 2.70 bits per heavy atom. The molecule has 1 aliphatic rings. The minimum Gasteiger partial charge on any atom is -0.497 e. The van der Waals surface area contributed by atoms with Crippen LogP contribution in [0.15, 0.2) is 24.3 Å². The van der Waals surface area contributed by atoms with Gasteiger partial charge in [0, 0.05) is 12.1 Å². The molecule has 1 aliphatic carbocycles. The lowest BCUT2D eigenvalue weighted by atomic mass is 9.75. The lowest BCUT2D eigenvalue weighted by Gasteiger charge is -2.38. The highest BCUT2D eigenvalue weighted by Gasteiger charge is 2.31. The molecule has 0 aliphatic heterocycles. The van der Waals surface area contributed by atoms with Crippen molar-refractivity contribution in [3.05, 3.63) is 29.8 Å². The van der Waals surface area contributed by atoms with E-state index in [0.717, 1.165) is 11.7 Å². The summed E-state index contributed by atoms with van der Waals surface area (Å²) in [6.07, 6.45) is 5.09. The molecule has 20 heavy (non-hydrogen) atoms. The van der Waals surface area contributed by atoms with Crippen molar-refractivity contribution >= 4 is 0 Å². The number of hydrogen-bond acceptors (Lipinski definition) is 2. The molecule has 0 radical (unpaired) electrons. The average Bonchev–Trinajstić information content (AvgIpc) is 2.42. The molecule has 0 heterocycles. The van der Waals surface area contributed by atoms with E-state index in [4.69, 9.17) is 4.74 Å². The van der Waals surface area contributed by atoms with E-state index in [0.29, 0.717) is 18.0 Å². The molecule has 1 saturated carbocycles. The molecule has 0 bridgehead atoms. The van der Waals surface area contributed by atoms with Crippen molar-refractivity contribution in [1.29, 1.82) is 0 Å². The van der Waals surface area contributed by atoms with Crippen LogP contribution in [0.5, 0.6) is 5.75 Å². The summed E-state index contributed by atoms with van der Waals surface area (Å²) in [7, 11) is 1.74. The van der Waals surface area contributed by atoms with Gasteiger partial charge in [-0.3, -0.25) is 0 Å².